The highest BCUT2D eigenvalue weighted by atomic mass is 16.1. The molecule has 1 saturated carbocycles. The van der Waals surface area contributed by atoms with Crippen molar-refractivity contribution in [3.63, 3.8) is 0 Å². The van der Waals surface area contributed by atoms with Crippen molar-refractivity contribution in [1.82, 2.24) is 5.32 Å². The lowest BCUT2D eigenvalue weighted by molar-refractivity contribution is -0.117. The number of rotatable bonds is 2. The van der Waals surface area contributed by atoms with Crippen molar-refractivity contribution in [2.24, 2.45) is 11.3 Å². The minimum Gasteiger partial charge on any atom is -0.317 e. The molecule has 2 rings (SSSR count). The summed E-state index contributed by atoms with van der Waals surface area (Å²) in [7, 11) is 0. The van der Waals surface area contributed by atoms with Gasteiger partial charge in [-0.3, -0.25) is 4.79 Å². The zero-order chi connectivity index (χ0) is 9.47. The van der Waals surface area contributed by atoms with Gasteiger partial charge in [0.1, 0.15) is 0 Å². The zero-order valence-electron chi connectivity index (χ0n) is 8.23. The average Bonchev–Trinajstić information content (AvgIpc) is 2.79. The van der Waals surface area contributed by atoms with Crippen LogP contribution >= 0.6 is 0 Å². The third-order valence-corrected chi connectivity index (χ3v) is 3.53. The predicted molar refractivity (Wildman–Crippen MR) is 52.5 cm³/mol. The second kappa shape index (κ2) is 2.95. The van der Waals surface area contributed by atoms with Gasteiger partial charge < -0.3 is 5.32 Å². The van der Waals surface area contributed by atoms with E-state index in [0.29, 0.717) is 17.1 Å². The zero-order valence-corrected chi connectivity index (χ0v) is 8.23. The largest absolute Gasteiger partial charge is 0.317 e. The summed E-state index contributed by atoms with van der Waals surface area (Å²) in [5.74, 6) is 0.619. The molecular formula is C11H17NO. The molecule has 0 radical (unpaired) electrons. The molecule has 1 heterocycles. The second-order valence-electron chi connectivity index (χ2n) is 4.51. The highest BCUT2D eigenvalue weighted by Gasteiger charge is 2.57. The van der Waals surface area contributed by atoms with Crippen molar-refractivity contribution < 1.29 is 4.79 Å². The molecule has 0 aromatic rings. The lowest BCUT2D eigenvalue weighted by atomic mass is 9.90. The van der Waals surface area contributed by atoms with Crippen molar-refractivity contribution >= 4 is 5.78 Å². The maximum absolute atomic E-state index is 11.7. The molecule has 0 aromatic heterocycles. The summed E-state index contributed by atoms with van der Waals surface area (Å²) in [6.07, 6.45) is 3.47. The van der Waals surface area contributed by atoms with E-state index in [-0.39, 0.29) is 0 Å². The second-order valence-corrected chi connectivity index (χ2v) is 4.51. The summed E-state index contributed by atoms with van der Waals surface area (Å²) < 4.78 is 0. The van der Waals surface area contributed by atoms with Crippen LogP contribution in [-0.2, 0) is 4.79 Å². The van der Waals surface area contributed by atoms with Gasteiger partial charge >= 0.3 is 0 Å². The Morgan fingerprint density at radius 1 is 1.46 bits per heavy atom. The van der Waals surface area contributed by atoms with Crippen LogP contribution < -0.4 is 5.32 Å². The molecule has 0 bridgehead atoms. The van der Waals surface area contributed by atoms with Gasteiger partial charge in [0, 0.05) is 5.92 Å². The summed E-state index contributed by atoms with van der Waals surface area (Å²) in [5.41, 5.74) is 1.11. The smallest absolute Gasteiger partial charge is 0.161 e. The highest BCUT2D eigenvalue weighted by molar-refractivity contribution is 5.98. The van der Waals surface area contributed by atoms with Crippen LogP contribution in [0.2, 0.25) is 0 Å². The van der Waals surface area contributed by atoms with Crippen LogP contribution in [0.3, 0.4) is 0 Å². The SMILES string of the molecule is C=C(C)C(=O)C1CC12CCNCC2. The number of hydrogen-bond donors (Lipinski definition) is 1. The molecule has 2 nitrogen and oxygen atoms in total. The van der Waals surface area contributed by atoms with E-state index in [9.17, 15) is 4.79 Å². The Morgan fingerprint density at radius 3 is 2.62 bits per heavy atom. The molecule has 1 aliphatic heterocycles. The Labute approximate surface area is 79.4 Å². The van der Waals surface area contributed by atoms with Crippen LogP contribution in [0.15, 0.2) is 12.2 Å². The maximum Gasteiger partial charge on any atom is 0.161 e. The standard InChI is InChI=1S/C11H17NO/c1-8(2)10(13)9-7-11(9)3-5-12-6-4-11/h9,12H,1,3-7H2,2H3. The van der Waals surface area contributed by atoms with Gasteiger partial charge in [-0.2, -0.15) is 0 Å². The van der Waals surface area contributed by atoms with E-state index in [2.05, 4.69) is 11.9 Å². The molecule has 1 atom stereocenters. The quantitative estimate of drug-likeness (QED) is 0.651. The normalized spacial score (nSPS) is 30.1. The summed E-state index contributed by atoms with van der Waals surface area (Å²) >= 11 is 0. The Kier molecular flexibility index (Phi) is 2.03. The Balaban J connectivity index is 2.00. The highest BCUT2D eigenvalue weighted by Crippen LogP contribution is 2.59. The van der Waals surface area contributed by atoms with E-state index in [0.717, 1.165) is 25.1 Å². The number of hydrogen-bond acceptors (Lipinski definition) is 2. The third-order valence-electron chi connectivity index (χ3n) is 3.53. The van der Waals surface area contributed by atoms with Gasteiger partial charge in [0.15, 0.2) is 5.78 Å². The van der Waals surface area contributed by atoms with E-state index in [1.807, 2.05) is 6.92 Å². The van der Waals surface area contributed by atoms with Gasteiger partial charge in [0.2, 0.25) is 0 Å². The molecule has 1 N–H and O–H groups in total. The van der Waals surface area contributed by atoms with Gasteiger partial charge in [-0.25, -0.2) is 0 Å². The predicted octanol–water partition coefficient (Wildman–Crippen LogP) is 1.52. The first-order valence-corrected chi connectivity index (χ1v) is 5.06. The van der Waals surface area contributed by atoms with E-state index in [1.54, 1.807) is 0 Å². The van der Waals surface area contributed by atoms with Crippen molar-refractivity contribution in [2.75, 3.05) is 13.1 Å². The van der Waals surface area contributed by atoms with Gasteiger partial charge in [-0.1, -0.05) is 6.58 Å². The van der Waals surface area contributed by atoms with Crippen molar-refractivity contribution in [3.8, 4) is 0 Å². The van der Waals surface area contributed by atoms with Crippen LogP contribution in [0, 0.1) is 11.3 Å². The number of ketones is 1. The Hall–Kier alpha value is -0.630. The number of carbonyl (C=O) groups is 1. The summed E-state index contributed by atoms with van der Waals surface area (Å²) in [5, 5.41) is 3.34. The van der Waals surface area contributed by atoms with E-state index < -0.39 is 0 Å². The number of allylic oxidation sites excluding steroid dienone is 1. The lowest BCUT2D eigenvalue weighted by Gasteiger charge is -2.23. The molecule has 72 valence electrons. The topological polar surface area (TPSA) is 29.1 Å². The molecule has 2 aliphatic rings. The first-order chi connectivity index (χ1) is 6.16. The molecule has 1 spiro atoms. The van der Waals surface area contributed by atoms with Crippen LogP contribution in [0.4, 0.5) is 0 Å². The monoisotopic (exact) mass is 179 g/mol. The fourth-order valence-electron chi connectivity index (χ4n) is 2.49. The molecule has 0 amide bonds. The fourth-order valence-corrected chi connectivity index (χ4v) is 2.49. The average molecular weight is 179 g/mol. The van der Waals surface area contributed by atoms with E-state index in [1.165, 1.54) is 12.8 Å². The fraction of sp³-hybridized carbons (Fsp3) is 0.727. The van der Waals surface area contributed by atoms with Gasteiger partial charge in [0.05, 0.1) is 0 Å². The first kappa shape index (κ1) is 8.95. The molecule has 1 aliphatic carbocycles. The number of carbonyl (C=O) groups excluding carboxylic acids is 1. The molecule has 1 unspecified atom stereocenters. The molecular weight excluding hydrogens is 162 g/mol. The van der Waals surface area contributed by atoms with Crippen LogP contribution in [0.1, 0.15) is 26.2 Å². The minimum absolute atomic E-state index is 0.307. The third kappa shape index (κ3) is 1.44. The van der Waals surface area contributed by atoms with Crippen molar-refractivity contribution in [2.45, 2.75) is 26.2 Å². The van der Waals surface area contributed by atoms with Gasteiger partial charge in [0.25, 0.3) is 0 Å². The molecule has 2 heteroatoms. The van der Waals surface area contributed by atoms with Crippen LogP contribution in [0.25, 0.3) is 0 Å². The van der Waals surface area contributed by atoms with Gasteiger partial charge in [-0.15, -0.1) is 0 Å². The lowest BCUT2D eigenvalue weighted by Crippen LogP contribution is -2.30. The van der Waals surface area contributed by atoms with Gasteiger partial charge in [-0.05, 0) is 50.3 Å². The van der Waals surface area contributed by atoms with Crippen LogP contribution in [0.5, 0.6) is 0 Å². The first-order valence-electron chi connectivity index (χ1n) is 5.06. The molecule has 2 fully saturated rings. The van der Waals surface area contributed by atoms with E-state index in [4.69, 9.17) is 0 Å². The Morgan fingerprint density at radius 2 is 2.08 bits per heavy atom. The molecule has 13 heavy (non-hydrogen) atoms. The summed E-state index contributed by atoms with van der Waals surface area (Å²) in [6, 6.07) is 0. The molecule has 0 aromatic carbocycles. The Bertz CT molecular complexity index is 251. The molecule has 1 saturated heterocycles. The summed E-state index contributed by atoms with van der Waals surface area (Å²) in [6.45, 7) is 7.72. The van der Waals surface area contributed by atoms with E-state index >= 15 is 0 Å². The van der Waals surface area contributed by atoms with Crippen molar-refractivity contribution in [3.05, 3.63) is 12.2 Å². The number of piperidine rings is 1. The maximum atomic E-state index is 11.7. The summed E-state index contributed by atoms with van der Waals surface area (Å²) in [4.78, 5) is 11.7. The van der Waals surface area contributed by atoms with Crippen molar-refractivity contribution in [1.29, 1.82) is 0 Å². The van der Waals surface area contributed by atoms with Crippen LogP contribution in [-0.4, -0.2) is 18.9 Å². The minimum atomic E-state index is 0.307. The number of Topliss-reactive ketones (excluding diaryl/α,β-unsaturated/α-hetero) is 1. The number of nitrogens with one attached hydrogen (secondary N) is 1.